The van der Waals surface area contributed by atoms with Crippen molar-refractivity contribution < 1.29 is 19.1 Å². The van der Waals surface area contributed by atoms with Gasteiger partial charge in [-0.05, 0) is 13.5 Å². The molecule has 0 radical (unpaired) electrons. The van der Waals surface area contributed by atoms with Crippen LogP contribution >= 0.6 is 0 Å². The summed E-state index contributed by atoms with van der Waals surface area (Å²) in [7, 11) is 1.55. The maximum Gasteiger partial charge on any atom is 0.325 e. The predicted molar refractivity (Wildman–Crippen MR) is 63.6 cm³/mol. The highest BCUT2D eigenvalue weighted by atomic mass is 16.5. The van der Waals surface area contributed by atoms with Crippen LogP contribution in [0.25, 0.3) is 0 Å². The Labute approximate surface area is 102 Å². The van der Waals surface area contributed by atoms with E-state index in [0.717, 1.165) is 0 Å². The highest BCUT2D eigenvalue weighted by Crippen LogP contribution is 1.92. The number of methoxy groups -OCH3 is 1. The number of hydrogen-bond acceptors (Lipinski definition) is 5. The van der Waals surface area contributed by atoms with Gasteiger partial charge in [0.25, 0.3) is 0 Å². The third kappa shape index (κ3) is 7.70. The maximum absolute atomic E-state index is 11.7. The number of nitrogens with zero attached hydrogens (tertiary/aromatic N) is 1. The smallest absolute Gasteiger partial charge is 0.325 e. The number of ether oxygens (including phenoxy) is 2. The lowest BCUT2D eigenvalue weighted by atomic mass is 10.4. The van der Waals surface area contributed by atoms with Crippen LogP contribution in [0.5, 0.6) is 0 Å². The molecule has 17 heavy (non-hydrogen) atoms. The van der Waals surface area contributed by atoms with Gasteiger partial charge in [-0.3, -0.25) is 9.59 Å². The fraction of sp³-hybridized carbons (Fsp3) is 0.818. The van der Waals surface area contributed by atoms with Gasteiger partial charge in [0.1, 0.15) is 6.54 Å². The van der Waals surface area contributed by atoms with Crippen LogP contribution in [0.15, 0.2) is 0 Å². The van der Waals surface area contributed by atoms with Crippen LogP contribution in [-0.4, -0.2) is 63.3 Å². The molecule has 0 heterocycles. The topological polar surface area (TPSA) is 67.9 Å². The molecule has 0 aliphatic carbocycles. The summed E-state index contributed by atoms with van der Waals surface area (Å²) < 4.78 is 9.72. The molecule has 0 atom stereocenters. The Morgan fingerprint density at radius 2 is 2.00 bits per heavy atom. The van der Waals surface area contributed by atoms with E-state index in [1.165, 1.54) is 4.90 Å². The van der Waals surface area contributed by atoms with E-state index >= 15 is 0 Å². The zero-order valence-corrected chi connectivity index (χ0v) is 10.8. The van der Waals surface area contributed by atoms with Crippen molar-refractivity contribution in [1.29, 1.82) is 0 Å². The maximum atomic E-state index is 11.7. The fourth-order valence-corrected chi connectivity index (χ4v) is 1.20. The molecule has 1 N–H and O–H groups in total. The van der Waals surface area contributed by atoms with Crippen molar-refractivity contribution in [2.75, 3.05) is 46.5 Å². The van der Waals surface area contributed by atoms with E-state index in [9.17, 15) is 9.59 Å². The molecule has 0 spiro atoms. The van der Waals surface area contributed by atoms with E-state index in [-0.39, 0.29) is 19.0 Å². The largest absolute Gasteiger partial charge is 0.465 e. The van der Waals surface area contributed by atoms with Crippen molar-refractivity contribution in [2.45, 2.75) is 13.8 Å². The lowest BCUT2D eigenvalue weighted by Gasteiger charge is -2.21. The number of hydrogen-bond donors (Lipinski definition) is 1. The van der Waals surface area contributed by atoms with Gasteiger partial charge in [0.05, 0.1) is 19.8 Å². The Bertz CT molecular complexity index is 234. The van der Waals surface area contributed by atoms with Crippen molar-refractivity contribution in [3.8, 4) is 0 Å². The summed E-state index contributed by atoms with van der Waals surface area (Å²) in [4.78, 5) is 24.5. The number of likely N-dealkylation sites (N-methyl/N-ethyl adjacent to an activating group) is 1. The standard InChI is InChI=1S/C11H22N2O4/c1-4-12-8-10(14)13(6-7-16-3)9-11(15)17-5-2/h12H,4-9H2,1-3H3. The Morgan fingerprint density at radius 1 is 1.29 bits per heavy atom. The highest BCUT2D eigenvalue weighted by Gasteiger charge is 2.16. The summed E-state index contributed by atoms with van der Waals surface area (Å²) in [5.41, 5.74) is 0. The first kappa shape index (κ1) is 15.9. The van der Waals surface area contributed by atoms with Gasteiger partial charge < -0.3 is 19.7 Å². The number of carbonyl (C=O) groups is 2. The number of rotatable bonds is 9. The third-order valence-corrected chi connectivity index (χ3v) is 2.07. The van der Waals surface area contributed by atoms with Crippen LogP contribution < -0.4 is 5.32 Å². The van der Waals surface area contributed by atoms with Crippen LogP contribution in [0.2, 0.25) is 0 Å². The lowest BCUT2D eigenvalue weighted by Crippen LogP contribution is -2.43. The zero-order chi connectivity index (χ0) is 13.1. The number of amides is 1. The molecule has 0 saturated carbocycles. The Balaban J connectivity index is 4.20. The van der Waals surface area contributed by atoms with Gasteiger partial charge in [-0.1, -0.05) is 6.92 Å². The van der Waals surface area contributed by atoms with Gasteiger partial charge in [-0.15, -0.1) is 0 Å². The molecule has 0 aliphatic heterocycles. The molecule has 0 fully saturated rings. The quantitative estimate of drug-likeness (QED) is 0.562. The van der Waals surface area contributed by atoms with Crippen LogP contribution in [0, 0.1) is 0 Å². The SMILES string of the molecule is CCNCC(=O)N(CCOC)CC(=O)OCC. The number of esters is 1. The fourth-order valence-electron chi connectivity index (χ4n) is 1.20. The molecule has 0 aromatic rings. The summed E-state index contributed by atoms with van der Waals surface area (Å²) in [5, 5.41) is 2.93. The van der Waals surface area contributed by atoms with Crippen molar-refractivity contribution in [3.63, 3.8) is 0 Å². The van der Waals surface area contributed by atoms with Crippen molar-refractivity contribution in [3.05, 3.63) is 0 Å². The molecule has 6 heteroatoms. The van der Waals surface area contributed by atoms with Gasteiger partial charge in [0, 0.05) is 13.7 Å². The van der Waals surface area contributed by atoms with E-state index in [0.29, 0.717) is 26.3 Å². The molecule has 0 rings (SSSR count). The van der Waals surface area contributed by atoms with Crippen LogP contribution in [0.4, 0.5) is 0 Å². The Morgan fingerprint density at radius 3 is 2.53 bits per heavy atom. The van der Waals surface area contributed by atoms with E-state index < -0.39 is 5.97 Å². The van der Waals surface area contributed by atoms with Gasteiger partial charge >= 0.3 is 5.97 Å². The lowest BCUT2D eigenvalue weighted by molar-refractivity contribution is -0.149. The number of carbonyl (C=O) groups excluding carboxylic acids is 2. The van der Waals surface area contributed by atoms with Gasteiger partial charge in [-0.25, -0.2) is 0 Å². The molecular weight excluding hydrogens is 224 g/mol. The number of nitrogens with one attached hydrogen (secondary N) is 1. The van der Waals surface area contributed by atoms with Gasteiger partial charge in [-0.2, -0.15) is 0 Å². The molecule has 0 unspecified atom stereocenters. The monoisotopic (exact) mass is 246 g/mol. The van der Waals surface area contributed by atoms with E-state index in [1.54, 1.807) is 14.0 Å². The summed E-state index contributed by atoms with van der Waals surface area (Å²) >= 11 is 0. The van der Waals surface area contributed by atoms with Crippen LogP contribution in [0.3, 0.4) is 0 Å². The third-order valence-electron chi connectivity index (χ3n) is 2.07. The highest BCUT2D eigenvalue weighted by molar-refractivity contribution is 5.83. The molecule has 0 aromatic heterocycles. The van der Waals surface area contributed by atoms with Crippen molar-refractivity contribution >= 4 is 11.9 Å². The Hall–Kier alpha value is -1.14. The van der Waals surface area contributed by atoms with Crippen molar-refractivity contribution in [1.82, 2.24) is 10.2 Å². The van der Waals surface area contributed by atoms with E-state index in [2.05, 4.69) is 5.32 Å². The van der Waals surface area contributed by atoms with E-state index in [1.807, 2.05) is 6.92 Å². The Kier molecular flexibility index (Phi) is 9.37. The van der Waals surface area contributed by atoms with Crippen LogP contribution in [0.1, 0.15) is 13.8 Å². The molecule has 0 saturated heterocycles. The minimum atomic E-state index is -0.395. The predicted octanol–water partition coefficient (Wildman–Crippen LogP) is -0.366. The molecule has 0 aromatic carbocycles. The first-order chi connectivity index (χ1) is 8.15. The molecule has 1 amide bonds. The second kappa shape index (κ2) is 10.0. The summed E-state index contributed by atoms with van der Waals surface area (Å²) in [6.07, 6.45) is 0. The molecule has 0 bridgehead atoms. The molecule has 0 aliphatic rings. The van der Waals surface area contributed by atoms with Crippen LogP contribution in [-0.2, 0) is 19.1 Å². The second-order valence-corrected chi connectivity index (χ2v) is 3.39. The molecule has 100 valence electrons. The minimum absolute atomic E-state index is 0.0264. The first-order valence-corrected chi connectivity index (χ1v) is 5.78. The van der Waals surface area contributed by atoms with Gasteiger partial charge in [0.15, 0.2) is 0 Å². The van der Waals surface area contributed by atoms with Gasteiger partial charge in [0.2, 0.25) is 5.91 Å². The van der Waals surface area contributed by atoms with Crippen molar-refractivity contribution in [2.24, 2.45) is 0 Å². The second-order valence-electron chi connectivity index (χ2n) is 3.39. The normalized spacial score (nSPS) is 10.1. The average molecular weight is 246 g/mol. The summed E-state index contributed by atoms with van der Waals surface area (Å²) in [6, 6.07) is 0. The first-order valence-electron chi connectivity index (χ1n) is 5.78. The average Bonchev–Trinajstić information content (AvgIpc) is 2.31. The van der Waals surface area contributed by atoms with E-state index in [4.69, 9.17) is 9.47 Å². The molecule has 6 nitrogen and oxygen atoms in total. The molecular formula is C11H22N2O4. The zero-order valence-electron chi connectivity index (χ0n) is 10.8. The minimum Gasteiger partial charge on any atom is -0.465 e. The summed E-state index contributed by atoms with van der Waals surface area (Å²) in [6.45, 7) is 5.66. The summed E-state index contributed by atoms with van der Waals surface area (Å²) in [5.74, 6) is -0.523.